The second kappa shape index (κ2) is 9.72. The molecule has 2 aromatic heterocycles. The zero-order valence-electron chi connectivity index (χ0n) is 17.8. The Labute approximate surface area is 198 Å². The summed E-state index contributed by atoms with van der Waals surface area (Å²) < 4.78 is 45.1. The molecular formula is C22H16BClF3N3O4. The molecule has 2 radical (unpaired) electrons. The lowest BCUT2D eigenvalue weighted by Crippen LogP contribution is -2.38. The number of pyridine rings is 2. The fourth-order valence-electron chi connectivity index (χ4n) is 3.06. The number of hydrogen-bond acceptors (Lipinski definition) is 5. The number of carbonyl (C=O) groups excluding carboxylic acids is 1. The van der Waals surface area contributed by atoms with Crippen LogP contribution in [0.4, 0.5) is 18.9 Å². The molecule has 0 bridgehead atoms. The van der Waals surface area contributed by atoms with Crippen molar-refractivity contribution in [3.63, 3.8) is 0 Å². The van der Waals surface area contributed by atoms with Crippen molar-refractivity contribution in [3.05, 3.63) is 70.6 Å². The lowest BCUT2D eigenvalue weighted by Gasteiger charge is -2.28. The van der Waals surface area contributed by atoms with Crippen molar-refractivity contribution in [2.24, 2.45) is 0 Å². The van der Waals surface area contributed by atoms with E-state index in [4.69, 9.17) is 24.2 Å². The van der Waals surface area contributed by atoms with Crippen molar-refractivity contribution in [2.75, 3.05) is 4.90 Å². The molecule has 1 amide bonds. The number of anilines is 1. The third-order valence-electron chi connectivity index (χ3n) is 4.56. The van der Waals surface area contributed by atoms with Crippen LogP contribution < -0.4 is 15.1 Å². The zero-order valence-corrected chi connectivity index (χ0v) is 18.6. The van der Waals surface area contributed by atoms with Crippen molar-refractivity contribution < 1.29 is 32.6 Å². The SMILES string of the molecule is [B]c1ccc(C(=O)N(c2cc(Cl)c(Oc3ncccc3C(F)(F)F)cc2C(=O)O)C(C)C)nc1. The van der Waals surface area contributed by atoms with Crippen LogP contribution in [0.3, 0.4) is 0 Å². The number of hydrogen-bond donors (Lipinski definition) is 1. The molecule has 0 spiro atoms. The van der Waals surface area contributed by atoms with Crippen LogP contribution in [0.2, 0.25) is 5.02 Å². The van der Waals surface area contributed by atoms with E-state index in [0.717, 1.165) is 35.4 Å². The second-order valence-corrected chi connectivity index (χ2v) is 7.71. The largest absolute Gasteiger partial charge is 0.478 e. The summed E-state index contributed by atoms with van der Waals surface area (Å²) in [5, 5.41) is 9.55. The number of ether oxygens (including phenoxy) is 1. The van der Waals surface area contributed by atoms with Gasteiger partial charge in [0.1, 0.15) is 24.9 Å². The van der Waals surface area contributed by atoms with Gasteiger partial charge in [0.25, 0.3) is 5.91 Å². The molecular weight excluding hydrogens is 474 g/mol. The van der Waals surface area contributed by atoms with Crippen molar-refractivity contribution >= 4 is 42.5 Å². The number of halogens is 4. The maximum absolute atomic E-state index is 13.3. The average molecular weight is 490 g/mol. The average Bonchev–Trinajstić information content (AvgIpc) is 2.75. The molecule has 2 heterocycles. The van der Waals surface area contributed by atoms with Gasteiger partial charge in [-0.25, -0.2) is 9.78 Å². The summed E-state index contributed by atoms with van der Waals surface area (Å²) in [4.78, 5) is 33.9. The van der Waals surface area contributed by atoms with E-state index in [1.807, 2.05) is 0 Å². The highest BCUT2D eigenvalue weighted by Gasteiger charge is 2.36. The van der Waals surface area contributed by atoms with Crippen LogP contribution in [-0.4, -0.2) is 40.8 Å². The summed E-state index contributed by atoms with van der Waals surface area (Å²) >= 11 is 6.25. The maximum atomic E-state index is 13.3. The predicted molar refractivity (Wildman–Crippen MR) is 119 cm³/mol. The summed E-state index contributed by atoms with van der Waals surface area (Å²) in [6.45, 7) is 3.28. The smallest absolute Gasteiger partial charge is 0.421 e. The van der Waals surface area contributed by atoms with Gasteiger partial charge >= 0.3 is 12.1 Å². The summed E-state index contributed by atoms with van der Waals surface area (Å²) in [6, 6.07) is 6.22. The van der Waals surface area contributed by atoms with Gasteiger partial charge in [-0.15, -0.1) is 0 Å². The molecule has 0 atom stereocenters. The van der Waals surface area contributed by atoms with E-state index in [1.165, 1.54) is 18.3 Å². The molecule has 0 saturated carbocycles. The summed E-state index contributed by atoms with van der Waals surface area (Å²) in [5.74, 6) is -3.28. The first-order chi connectivity index (χ1) is 15.9. The lowest BCUT2D eigenvalue weighted by atomic mass is 9.98. The molecule has 12 heteroatoms. The molecule has 3 aromatic rings. The lowest BCUT2D eigenvalue weighted by molar-refractivity contribution is -0.138. The van der Waals surface area contributed by atoms with Crippen LogP contribution in [0.1, 0.15) is 40.3 Å². The fraction of sp³-hybridized carbons (Fsp3) is 0.182. The standard InChI is InChI=1S/C22H16BClF3N3O4/c1-11(2)30(20(31)16-6-5-12(23)10-29-16)17-9-15(24)18(8-13(17)21(32)33)34-19-14(22(25,26)27)4-3-7-28-19/h3-11H,1-2H3,(H,32,33). The minimum atomic E-state index is -4.77. The zero-order chi connectivity index (χ0) is 25.2. The van der Waals surface area contributed by atoms with E-state index in [2.05, 4.69) is 9.97 Å². The number of carboxylic acid groups (broad SMARTS) is 1. The van der Waals surface area contributed by atoms with Crippen LogP contribution in [0, 0.1) is 0 Å². The van der Waals surface area contributed by atoms with Gasteiger partial charge in [0.05, 0.1) is 16.3 Å². The van der Waals surface area contributed by atoms with E-state index < -0.39 is 41.1 Å². The molecule has 34 heavy (non-hydrogen) atoms. The number of amides is 1. The first-order valence-electron chi connectivity index (χ1n) is 9.72. The van der Waals surface area contributed by atoms with E-state index >= 15 is 0 Å². The van der Waals surface area contributed by atoms with E-state index in [9.17, 15) is 27.9 Å². The summed E-state index contributed by atoms with van der Waals surface area (Å²) in [6.07, 6.45) is -2.40. The van der Waals surface area contributed by atoms with Gasteiger partial charge in [0, 0.05) is 18.4 Å². The number of benzene rings is 1. The number of carboxylic acids is 1. The van der Waals surface area contributed by atoms with Crippen LogP contribution >= 0.6 is 11.6 Å². The molecule has 1 N–H and O–H groups in total. The number of rotatable bonds is 6. The molecule has 0 aliphatic heterocycles. The fourth-order valence-corrected chi connectivity index (χ4v) is 3.26. The summed E-state index contributed by atoms with van der Waals surface area (Å²) in [7, 11) is 5.60. The topological polar surface area (TPSA) is 92.6 Å². The predicted octanol–water partition coefficient (Wildman–Crippen LogP) is 4.49. The molecule has 1 aromatic carbocycles. The van der Waals surface area contributed by atoms with E-state index in [0.29, 0.717) is 5.46 Å². The molecule has 0 unspecified atom stereocenters. The summed E-state index contributed by atoms with van der Waals surface area (Å²) in [5.41, 5.74) is -1.36. The van der Waals surface area contributed by atoms with Crippen LogP contribution in [-0.2, 0) is 6.18 Å². The number of aromatic nitrogens is 2. The first kappa shape index (κ1) is 25.0. The van der Waals surface area contributed by atoms with Crippen LogP contribution in [0.25, 0.3) is 0 Å². The van der Waals surface area contributed by atoms with Gasteiger partial charge < -0.3 is 14.7 Å². The Hall–Kier alpha value is -3.60. The number of nitrogens with zero attached hydrogens (tertiary/aromatic N) is 3. The highest BCUT2D eigenvalue weighted by molar-refractivity contribution is 6.33. The van der Waals surface area contributed by atoms with Crippen molar-refractivity contribution in [1.29, 1.82) is 0 Å². The van der Waals surface area contributed by atoms with E-state index in [1.54, 1.807) is 13.8 Å². The molecule has 0 aliphatic rings. The third-order valence-corrected chi connectivity index (χ3v) is 4.86. The quantitative estimate of drug-likeness (QED) is 0.513. The Balaban J connectivity index is 2.10. The van der Waals surface area contributed by atoms with Gasteiger partial charge in [-0.1, -0.05) is 23.1 Å². The number of aromatic carboxylic acids is 1. The van der Waals surface area contributed by atoms with Gasteiger partial charge in [-0.2, -0.15) is 13.2 Å². The maximum Gasteiger partial charge on any atom is 0.421 e. The highest BCUT2D eigenvalue weighted by Crippen LogP contribution is 2.40. The number of carbonyl (C=O) groups is 2. The monoisotopic (exact) mass is 489 g/mol. The first-order valence-corrected chi connectivity index (χ1v) is 10.1. The van der Waals surface area contributed by atoms with Crippen molar-refractivity contribution in [2.45, 2.75) is 26.1 Å². The van der Waals surface area contributed by atoms with Crippen molar-refractivity contribution in [3.8, 4) is 11.6 Å². The van der Waals surface area contributed by atoms with Gasteiger partial charge in [0.15, 0.2) is 0 Å². The second-order valence-electron chi connectivity index (χ2n) is 7.31. The molecule has 3 rings (SSSR count). The third kappa shape index (κ3) is 5.31. The Bertz CT molecular complexity index is 1240. The Morgan fingerprint density at radius 1 is 1.18 bits per heavy atom. The molecule has 0 saturated heterocycles. The molecule has 174 valence electrons. The van der Waals surface area contributed by atoms with E-state index in [-0.39, 0.29) is 22.2 Å². The molecule has 7 nitrogen and oxygen atoms in total. The minimum absolute atomic E-state index is 0.000933. The normalized spacial score (nSPS) is 11.4. The van der Waals surface area contributed by atoms with Gasteiger partial charge in [-0.05, 0) is 44.2 Å². The molecule has 0 fully saturated rings. The van der Waals surface area contributed by atoms with Crippen molar-refractivity contribution in [1.82, 2.24) is 9.97 Å². The Morgan fingerprint density at radius 3 is 2.44 bits per heavy atom. The number of alkyl halides is 3. The van der Waals surface area contributed by atoms with Gasteiger partial charge in [0.2, 0.25) is 5.88 Å². The van der Waals surface area contributed by atoms with Gasteiger partial charge in [-0.3, -0.25) is 9.78 Å². The van der Waals surface area contributed by atoms with Crippen LogP contribution in [0.5, 0.6) is 11.6 Å². The van der Waals surface area contributed by atoms with Crippen LogP contribution in [0.15, 0.2) is 48.8 Å². The Morgan fingerprint density at radius 2 is 1.88 bits per heavy atom. The Kier molecular flexibility index (Phi) is 7.16. The molecule has 0 aliphatic carbocycles. The highest BCUT2D eigenvalue weighted by atomic mass is 35.5. The minimum Gasteiger partial charge on any atom is -0.478 e.